The molecule has 2 aromatic heterocycles. The fraction of sp³-hybridized carbons (Fsp3) is 0.308. The zero-order chi connectivity index (χ0) is 15.5. The lowest BCUT2D eigenvalue weighted by Crippen LogP contribution is -2.14. The maximum Gasteiger partial charge on any atom is 0.282 e. The Labute approximate surface area is 123 Å². The van der Waals surface area contributed by atoms with Crippen LogP contribution in [0.1, 0.15) is 24.7 Å². The summed E-state index contributed by atoms with van der Waals surface area (Å²) in [6.07, 6.45) is 3.70. The number of hydrogen-bond acceptors (Lipinski definition) is 5. The highest BCUT2D eigenvalue weighted by molar-refractivity contribution is 7.92. The molecule has 0 unspecified atom stereocenters. The second-order valence-electron chi connectivity index (χ2n) is 4.47. The highest BCUT2D eigenvalue weighted by Gasteiger charge is 2.19. The van der Waals surface area contributed by atoms with Crippen molar-refractivity contribution in [3.8, 4) is 6.07 Å². The molecular weight excluding hydrogens is 290 g/mol. The molecule has 0 radical (unpaired) electrons. The maximum atomic E-state index is 12.2. The van der Waals surface area contributed by atoms with Gasteiger partial charge in [0, 0.05) is 18.9 Å². The minimum absolute atomic E-state index is 0.0420. The van der Waals surface area contributed by atoms with Gasteiger partial charge in [0.25, 0.3) is 10.0 Å². The Hall–Kier alpha value is -2.40. The van der Waals surface area contributed by atoms with Crippen LogP contribution in [-0.2, 0) is 16.6 Å². The number of rotatable bonds is 5. The van der Waals surface area contributed by atoms with Gasteiger partial charge in [0.05, 0.1) is 5.56 Å². The minimum atomic E-state index is -3.78. The van der Waals surface area contributed by atoms with E-state index in [1.165, 1.54) is 24.5 Å². The number of aryl methyl sites for hydroxylation is 2. The second-order valence-corrected chi connectivity index (χ2v) is 6.10. The van der Waals surface area contributed by atoms with Crippen LogP contribution in [0.15, 0.2) is 29.6 Å². The third-order valence-electron chi connectivity index (χ3n) is 2.83. The van der Waals surface area contributed by atoms with Gasteiger partial charge in [-0.25, -0.2) is 9.97 Å². The first-order valence-corrected chi connectivity index (χ1v) is 7.87. The van der Waals surface area contributed by atoms with Crippen LogP contribution in [0, 0.1) is 18.3 Å². The molecule has 0 aliphatic carbocycles. The van der Waals surface area contributed by atoms with Crippen molar-refractivity contribution in [2.24, 2.45) is 0 Å². The lowest BCUT2D eigenvalue weighted by molar-refractivity contribution is 0.597. The molecule has 0 bridgehead atoms. The molecule has 7 nitrogen and oxygen atoms in total. The Morgan fingerprint density at radius 1 is 1.43 bits per heavy atom. The number of nitrogens with one attached hydrogen (secondary N) is 1. The third kappa shape index (κ3) is 3.38. The summed E-state index contributed by atoms with van der Waals surface area (Å²) in [6, 6.07) is 4.85. The van der Waals surface area contributed by atoms with Crippen molar-refractivity contribution < 1.29 is 8.42 Å². The van der Waals surface area contributed by atoms with Crippen molar-refractivity contribution in [1.29, 1.82) is 5.26 Å². The van der Waals surface area contributed by atoms with Gasteiger partial charge in [-0.15, -0.1) is 0 Å². The molecule has 0 aliphatic heterocycles. The quantitative estimate of drug-likeness (QED) is 0.905. The summed E-state index contributed by atoms with van der Waals surface area (Å²) in [5.74, 6) is 0.793. The fourth-order valence-electron chi connectivity index (χ4n) is 1.79. The van der Waals surface area contributed by atoms with E-state index in [0.29, 0.717) is 17.9 Å². The molecule has 0 amide bonds. The Morgan fingerprint density at radius 2 is 2.19 bits per heavy atom. The van der Waals surface area contributed by atoms with Crippen molar-refractivity contribution in [1.82, 2.24) is 14.5 Å². The third-order valence-corrected chi connectivity index (χ3v) is 4.05. The van der Waals surface area contributed by atoms with Gasteiger partial charge in [-0.1, -0.05) is 6.92 Å². The van der Waals surface area contributed by atoms with Gasteiger partial charge in [0.1, 0.15) is 17.7 Å². The molecule has 21 heavy (non-hydrogen) atoms. The summed E-state index contributed by atoms with van der Waals surface area (Å²) in [7, 11) is -3.78. The van der Waals surface area contributed by atoms with Crippen LogP contribution >= 0.6 is 0 Å². The second kappa shape index (κ2) is 5.93. The van der Waals surface area contributed by atoms with E-state index in [-0.39, 0.29) is 10.8 Å². The van der Waals surface area contributed by atoms with Crippen LogP contribution in [0.4, 0.5) is 5.82 Å². The molecular formula is C13H15N5O2S. The Morgan fingerprint density at radius 3 is 2.76 bits per heavy atom. The summed E-state index contributed by atoms with van der Waals surface area (Å²) in [6.45, 7) is 4.48. The first-order chi connectivity index (χ1) is 9.96. The van der Waals surface area contributed by atoms with E-state index in [0.717, 1.165) is 6.42 Å². The van der Waals surface area contributed by atoms with Crippen LogP contribution in [0.25, 0.3) is 0 Å². The maximum absolute atomic E-state index is 12.2. The molecule has 0 aliphatic rings. The summed E-state index contributed by atoms with van der Waals surface area (Å²) in [5, 5.41) is 8.64. The number of anilines is 1. The van der Waals surface area contributed by atoms with Crippen molar-refractivity contribution in [3.63, 3.8) is 0 Å². The van der Waals surface area contributed by atoms with Crippen LogP contribution < -0.4 is 4.72 Å². The highest BCUT2D eigenvalue weighted by Crippen LogP contribution is 2.14. The number of nitriles is 1. The lowest BCUT2D eigenvalue weighted by atomic mass is 10.3. The van der Waals surface area contributed by atoms with Gasteiger partial charge in [0.2, 0.25) is 0 Å². The van der Waals surface area contributed by atoms with Crippen LogP contribution in [0.3, 0.4) is 0 Å². The van der Waals surface area contributed by atoms with Crippen molar-refractivity contribution in [2.45, 2.75) is 31.8 Å². The van der Waals surface area contributed by atoms with Crippen molar-refractivity contribution >= 4 is 15.8 Å². The van der Waals surface area contributed by atoms with E-state index < -0.39 is 10.0 Å². The van der Waals surface area contributed by atoms with E-state index >= 15 is 0 Å². The number of pyridine rings is 1. The van der Waals surface area contributed by atoms with E-state index in [1.54, 1.807) is 11.5 Å². The van der Waals surface area contributed by atoms with Crippen molar-refractivity contribution in [2.75, 3.05) is 4.72 Å². The summed E-state index contributed by atoms with van der Waals surface area (Å²) >= 11 is 0. The van der Waals surface area contributed by atoms with Gasteiger partial charge in [-0.05, 0) is 25.5 Å². The van der Waals surface area contributed by atoms with E-state index in [1.807, 2.05) is 13.0 Å². The average molecular weight is 305 g/mol. The normalized spacial score (nSPS) is 11.1. The molecule has 0 saturated heterocycles. The number of sulfonamides is 1. The summed E-state index contributed by atoms with van der Waals surface area (Å²) in [5.41, 5.74) is 0.362. The lowest BCUT2D eigenvalue weighted by Gasteiger charge is -2.04. The topological polar surface area (TPSA) is 101 Å². The van der Waals surface area contributed by atoms with Gasteiger partial charge in [-0.2, -0.15) is 13.7 Å². The van der Waals surface area contributed by atoms with Crippen LogP contribution in [0.5, 0.6) is 0 Å². The zero-order valence-electron chi connectivity index (χ0n) is 11.7. The Bertz CT molecular complexity index is 772. The largest absolute Gasteiger partial charge is 0.334 e. The molecule has 0 saturated carbocycles. The molecule has 0 aromatic carbocycles. The van der Waals surface area contributed by atoms with Gasteiger partial charge in [-0.3, -0.25) is 4.72 Å². The molecule has 2 aromatic rings. The molecule has 0 fully saturated rings. The smallest absolute Gasteiger partial charge is 0.282 e. The van der Waals surface area contributed by atoms with E-state index in [2.05, 4.69) is 14.7 Å². The average Bonchev–Trinajstić information content (AvgIpc) is 2.82. The first kappa shape index (κ1) is 15.0. The zero-order valence-corrected chi connectivity index (χ0v) is 12.6. The van der Waals surface area contributed by atoms with Gasteiger partial charge in [0.15, 0.2) is 5.03 Å². The van der Waals surface area contributed by atoms with Crippen molar-refractivity contribution in [3.05, 3.63) is 35.9 Å². The molecule has 110 valence electrons. The number of nitrogens with zero attached hydrogens (tertiary/aromatic N) is 4. The fourth-order valence-corrected chi connectivity index (χ4v) is 2.81. The van der Waals surface area contributed by atoms with Gasteiger partial charge < -0.3 is 4.57 Å². The predicted octanol–water partition coefficient (Wildman–Crippen LogP) is 1.67. The Balaban J connectivity index is 2.25. The summed E-state index contributed by atoms with van der Waals surface area (Å²) in [4.78, 5) is 7.94. The van der Waals surface area contributed by atoms with Gasteiger partial charge >= 0.3 is 0 Å². The molecule has 2 rings (SSSR count). The molecule has 0 atom stereocenters. The molecule has 1 N–H and O–H groups in total. The number of hydrogen-bond donors (Lipinski definition) is 1. The summed E-state index contributed by atoms with van der Waals surface area (Å²) < 4.78 is 28.6. The molecule has 0 spiro atoms. The van der Waals surface area contributed by atoms with E-state index in [9.17, 15) is 8.42 Å². The van der Waals surface area contributed by atoms with Crippen LogP contribution in [0.2, 0.25) is 0 Å². The standard InChI is InChI=1S/C13H15N5O2S/c1-3-6-18-9-13(16-10(18)2)21(19,20)17-12-5-4-11(7-14)8-15-12/h4-5,8-9H,3,6H2,1-2H3,(H,15,17). The highest BCUT2D eigenvalue weighted by atomic mass is 32.2. The Kier molecular flexibility index (Phi) is 4.23. The number of aromatic nitrogens is 3. The van der Waals surface area contributed by atoms with Crippen LogP contribution in [-0.4, -0.2) is 23.0 Å². The number of imidazole rings is 1. The molecule has 2 heterocycles. The first-order valence-electron chi connectivity index (χ1n) is 6.39. The SMILES string of the molecule is CCCn1cc(S(=O)(=O)Nc2ccc(C#N)cn2)nc1C. The van der Waals surface area contributed by atoms with E-state index in [4.69, 9.17) is 5.26 Å². The predicted molar refractivity (Wildman–Crippen MR) is 77.0 cm³/mol. The molecule has 8 heteroatoms. The monoisotopic (exact) mass is 305 g/mol. The minimum Gasteiger partial charge on any atom is -0.334 e.